The molecule has 0 spiro atoms. The van der Waals surface area contributed by atoms with E-state index < -0.39 is 0 Å². The summed E-state index contributed by atoms with van der Waals surface area (Å²) in [6, 6.07) is 6.94. The molecule has 0 aliphatic carbocycles. The van der Waals surface area contributed by atoms with Crippen LogP contribution < -0.4 is 10.9 Å². The van der Waals surface area contributed by atoms with Crippen LogP contribution in [0.1, 0.15) is 33.1 Å². The summed E-state index contributed by atoms with van der Waals surface area (Å²) in [5.74, 6) is 0.159. The van der Waals surface area contributed by atoms with Crippen molar-refractivity contribution in [3.63, 3.8) is 0 Å². The second-order valence-corrected chi connectivity index (χ2v) is 5.67. The summed E-state index contributed by atoms with van der Waals surface area (Å²) in [4.78, 5) is 27.8. The van der Waals surface area contributed by atoms with Gasteiger partial charge in [0.15, 0.2) is 0 Å². The minimum Gasteiger partial charge on any atom is -0.356 e. The maximum atomic E-state index is 11.9. The Bertz CT molecular complexity index is 708. The molecule has 0 unspecified atom stereocenters. The van der Waals surface area contributed by atoms with Crippen molar-refractivity contribution in [3.8, 4) is 11.3 Å². The number of aromatic nitrogens is 3. The molecular formula is C18H24N4O2. The van der Waals surface area contributed by atoms with Gasteiger partial charge in [-0.3, -0.25) is 14.6 Å². The average Bonchev–Trinajstić information content (AvgIpc) is 2.62. The smallest absolute Gasteiger partial charge is 0.266 e. The number of nitrogens with one attached hydrogen (secondary N) is 1. The quantitative estimate of drug-likeness (QED) is 0.754. The molecule has 2 aromatic rings. The Morgan fingerprint density at radius 3 is 2.54 bits per heavy atom. The Labute approximate surface area is 141 Å². The fraction of sp³-hybridized carbons (Fsp3) is 0.444. The van der Waals surface area contributed by atoms with Crippen molar-refractivity contribution in [3.05, 3.63) is 47.0 Å². The molecule has 0 fully saturated rings. The Morgan fingerprint density at radius 2 is 1.88 bits per heavy atom. The van der Waals surface area contributed by atoms with Crippen LogP contribution in [0.25, 0.3) is 11.3 Å². The third-order valence-electron chi connectivity index (χ3n) is 4.05. The van der Waals surface area contributed by atoms with Crippen molar-refractivity contribution >= 4 is 5.91 Å². The molecule has 6 nitrogen and oxygen atoms in total. The number of hydrogen-bond acceptors (Lipinski definition) is 4. The van der Waals surface area contributed by atoms with Crippen LogP contribution in [-0.4, -0.2) is 27.2 Å². The largest absolute Gasteiger partial charge is 0.356 e. The van der Waals surface area contributed by atoms with Crippen molar-refractivity contribution in [1.82, 2.24) is 20.1 Å². The van der Waals surface area contributed by atoms with Crippen molar-refractivity contribution in [2.75, 3.05) is 6.54 Å². The molecule has 2 heterocycles. The van der Waals surface area contributed by atoms with Gasteiger partial charge < -0.3 is 5.32 Å². The molecule has 24 heavy (non-hydrogen) atoms. The van der Waals surface area contributed by atoms with Gasteiger partial charge in [0.2, 0.25) is 5.91 Å². The van der Waals surface area contributed by atoms with Crippen molar-refractivity contribution < 1.29 is 4.79 Å². The van der Waals surface area contributed by atoms with Crippen LogP contribution in [0.15, 0.2) is 41.5 Å². The van der Waals surface area contributed by atoms with Crippen LogP contribution in [0.4, 0.5) is 0 Å². The number of nitrogens with zero attached hydrogens (tertiary/aromatic N) is 3. The highest BCUT2D eigenvalue weighted by atomic mass is 16.2. The van der Waals surface area contributed by atoms with Gasteiger partial charge in [0.25, 0.3) is 5.56 Å². The molecule has 0 saturated carbocycles. The van der Waals surface area contributed by atoms with Gasteiger partial charge in [-0.2, -0.15) is 5.10 Å². The highest BCUT2D eigenvalue weighted by Gasteiger charge is 2.12. The molecule has 0 saturated heterocycles. The van der Waals surface area contributed by atoms with Crippen LogP contribution in [0.2, 0.25) is 0 Å². The summed E-state index contributed by atoms with van der Waals surface area (Å²) >= 11 is 0. The summed E-state index contributed by atoms with van der Waals surface area (Å²) in [5, 5.41) is 7.32. The number of hydrogen-bond donors (Lipinski definition) is 1. The fourth-order valence-corrected chi connectivity index (χ4v) is 2.53. The lowest BCUT2D eigenvalue weighted by atomic mass is 10.0. The highest BCUT2D eigenvalue weighted by molar-refractivity contribution is 5.78. The molecule has 0 atom stereocenters. The molecule has 0 bridgehead atoms. The fourth-order valence-electron chi connectivity index (χ4n) is 2.53. The minimum atomic E-state index is -0.140. The number of carbonyl (C=O) groups is 1. The first kappa shape index (κ1) is 17.8. The van der Waals surface area contributed by atoms with Crippen LogP contribution >= 0.6 is 0 Å². The summed E-state index contributed by atoms with van der Waals surface area (Å²) in [6.07, 6.45) is 5.74. The van der Waals surface area contributed by atoms with E-state index in [0.717, 1.165) is 24.1 Å². The monoisotopic (exact) mass is 328 g/mol. The van der Waals surface area contributed by atoms with E-state index in [1.54, 1.807) is 18.5 Å². The first-order valence-electron chi connectivity index (χ1n) is 8.42. The van der Waals surface area contributed by atoms with E-state index in [-0.39, 0.29) is 17.4 Å². The van der Waals surface area contributed by atoms with Crippen LogP contribution in [0.5, 0.6) is 0 Å². The van der Waals surface area contributed by atoms with Gasteiger partial charge >= 0.3 is 0 Å². The van der Waals surface area contributed by atoms with E-state index in [4.69, 9.17) is 0 Å². The zero-order chi connectivity index (χ0) is 17.4. The van der Waals surface area contributed by atoms with Crippen molar-refractivity contribution in [1.29, 1.82) is 0 Å². The summed E-state index contributed by atoms with van der Waals surface area (Å²) in [5.41, 5.74) is 1.51. The SMILES string of the molecule is CCC(CC)C(=O)NCCCn1nc(-c2ccncc2)ccc1=O. The number of pyridine rings is 1. The second-order valence-electron chi connectivity index (χ2n) is 5.67. The zero-order valence-corrected chi connectivity index (χ0v) is 14.2. The normalized spacial score (nSPS) is 10.8. The van der Waals surface area contributed by atoms with Gasteiger partial charge in [0.1, 0.15) is 0 Å². The van der Waals surface area contributed by atoms with Crippen LogP contribution in [-0.2, 0) is 11.3 Å². The minimum absolute atomic E-state index is 0.0702. The molecule has 0 radical (unpaired) electrons. The Balaban J connectivity index is 1.93. The van der Waals surface area contributed by atoms with Crippen molar-refractivity contribution in [2.24, 2.45) is 5.92 Å². The lowest BCUT2D eigenvalue weighted by molar-refractivity contribution is -0.125. The molecule has 1 amide bonds. The van der Waals surface area contributed by atoms with Gasteiger partial charge in [-0.15, -0.1) is 0 Å². The van der Waals surface area contributed by atoms with Crippen LogP contribution in [0.3, 0.4) is 0 Å². The molecule has 128 valence electrons. The van der Waals surface area contributed by atoms with Crippen molar-refractivity contribution in [2.45, 2.75) is 39.7 Å². The second kappa shape index (κ2) is 8.96. The lowest BCUT2D eigenvalue weighted by Gasteiger charge is -2.13. The maximum absolute atomic E-state index is 11.9. The number of aryl methyl sites for hydroxylation is 1. The standard InChI is InChI=1S/C18H24N4O2/c1-3-14(4-2)18(24)20-10-5-13-22-17(23)7-6-16(21-22)15-8-11-19-12-9-15/h6-9,11-12,14H,3-5,10,13H2,1-2H3,(H,20,24). The average molecular weight is 328 g/mol. The molecule has 1 N–H and O–H groups in total. The number of amides is 1. The van der Waals surface area contributed by atoms with E-state index in [2.05, 4.69) is 15.4 Å². The van der Waals surface area contributed by atoms with E-state index in [1.807, 2.05) is 26.0 Å². The van der Waals surface area contributed by atoms with Gasteiger partial charge in [0, 0.05) is 43.0 Å². The summed E-state index contributed by atoms with van der Waals surface area (Å²) in [7, 11) is 0. The topological polar surface area (TPSA) is 76.9 Å². The number of carbonyl (C=O) groups excluding carboxylic acids is 1. The molecule has 2 rings (SSSR count). The summed E-state index contributed by atoms with van der Waals surface area (Å²) < 4.78 is 1.44. The van der Waals surface area contributed by atoms with E-state index in [9.17, 15) is 9.59 Å². The zero-order valence-electron chi connectivity index (χ0n) is 14.2. The first-order chi connectivity index (χ1) is 11.7. The molecule has 6 heteroatoms. The Kier molecular flexibility index (Phi) is 6.66. The third-order valence-corrected chi connectivity index (χ3v) is 4.05. The van der Waals surface area contributed by atoms with E-state index in [0.29, 0.717) is 19.5 Å². The van der Waals surface area contributed by atoms with Gasteiger partial charge in [-0.1, -0.05) is 13.8 Å². The van der Waals surface area contributed by atoms with Gasteiger partial charge in [-0.25, -0.2) is 4.68 Å². The van der Waals surface area contributed by atoms with E-state index >= 15 is 0 Å². The molecule has 0 aliphatic rings. The number of rotatable bonds is 8. The van der Waals surface area contributed by atoms with Gasteiger partial charge in [-0.05, 0) is 37.5 Å². The predicted molar refractivity (Wildman–Crippen MR) is 93.4 cm³/mol. The summed E-state index contributed by atoms with van der Waals surface area (Å²) in [6.45, 7) is 5.05. The van der Waals surface area contributed by atoms with E-state index in [1.165, 1.54) is 10.7 Å². The molecule has 2 aromatic heterocycles. The van der Waals surface area contributed by atoms with Gasteiger partial charge in [0.05, 0.1) is 5.69 Å². The first-order valence-corrected chi connectivity index (χ1v) is 8.42. The Hall–Kier alpha value is -2.50. The molecular weight excluding hydrogens is 304 g/mol. The Morgan fingerprint density at radius 1 is 1.17 bits per heavy atom. The highest BCUT2D eigenvalue weighted by Crippen LogP contribution is 2.13. The molecule has 0 aliphatic heterocycles. The maximum Gasteiger partial charge on any atom is 0.266 e. The molecule has 0 aromatic carbocycles. The third kappa shape index (κ3) is 4.75. The predicted octanol–water partition coefficient (Wildman–Crippen LogP) is 2.25. The van der Waals surface area contributed by atoms with Crippen LogP contribution in [0, 0.1) is 5.92 Å². The lowest BCUT2D eigenvalue weighted by Crippen LogP contribution is -2.32.